The maximum atomic E-state index is 12.2. The van der Waals surface area contributed by atoms with E-state index in [0.717, 1.165) is 18.4 Å². The van der Waals surface area contributed by atoms with Crippen LogP contribution in [0.4, 0.5) is 12.9 Å². The van der Waals surface area contributed by atoms with Gasteiger partial charge in [-0.2, -0.15) is 0 Å². The molecular weight excluding hydrogens is 239 g/mol. The van der Waals surface area contributed by atoms with Crippen LogP contribution in [-0.2, 0) is 11.7 Å². The molecule has 1 aromatic carbocycles. The van der Waals surface area contributed by atoms with Crippen molar-refractivity contribution in [1.82, 2.24) is 0 Å². The van der Waals surface area contributed by atoms with Crippen molar-refractivity contribution < 1.29 is 64.3 Å². The van der Waals surface area contributed by atoms with Gasteiger partial charge in [0.05, 0.1) is 0 Å². The molecular formula is C11H13BF3K. The minimum atomic E-state index is -4.72. The van der Waals surface area contributed by atoms with Crippen molar-refractivity contribution in [3.05, 3.63) is 35.4 Å². The number of halogens is 3. The van der Waals surface area contributed by atoms with Crippen molar-refractivity contribution >= 4 is 6.98 Å². The van der Waals surface area contributed by atoms with E-state index in [1.807, 2.05) is 6.07 Å². The van der Waals surface area contributed by atoms with Gasteiger partial charge in [0.1, 0.15) is 0 Å². The minimum Gasteiger partial charge on any atom is -0.449 e. The molecule has 2 rings (SSSR count). The molecule has 0 bridgehead atoms. The Kier molecular flexibility index (Phi) is 4.75. The summed E-state index contributed by atoms with van der Waals surface area (Å²) in [7, 11) is 0. The molecule has 16 heavy (non-hydrogen) atoms. The van der Waals surface area contributed by atoms with Crippen molar-refractivity contribution in [2.24, 2.45) is 0 Å². The molecule has 0 amide bonds. The van der Waals surface area contributed by atoms with Crippen LogP contribution in [0.5, 0.6) is 0 Å². The number of benzene rings is 1. The Morgan fingerprint density at radius 1 is 1.25 bits per heavy atom. The van der Waals surface area contributed by atoms with E-state index in [1.54, 1.807) is 18.2 Å². The predicted octanol–water partition coefficient (Wildman–Crippen LogP) is 0.671. The molecule has 1 aromatic rings. The largest absolute Gasteiger partial charge is 1.00 e. The summed E-state index contributed by atoms with van der Waals surface area (Å²) >= 11 is 0. The summed E-state index contributed by atoms with van der Waals surface area (Å²) in [5, 5.41) is 0. The zero-order valence-electron chi connectivity index (χ0n) is 9.64. The van der Waals surface area contributed by atoms with Crippen molar-refractivity contribution in [3.8, 4) is 0 Å². The van der Waals surface area contributed by atoms with Crippen LogP contribution >= 0.6 is 0 Å². The second-order valence-electron chi connectivity index (χ2n) is 4.68. The average molecular weight is 252 g/mol. The SMILES string of the molecule is CC1(c2cccc(C[B-](F)(F)F)c2)CC1.[K+]. The molecule has 5 heteroatoms. The van der Waals surface area contributed by atoms with Gasteiger partial charge in [0.2, 0.25) is 0 Å². The number of hydrogen-bond donors (Lipinski definition) is 0. The van der Waals surface area contributed by atoms with Crippen molar-refractivity contribution in [1.29, 1.82) is 0 Å². The van der Waals surface area contributed by atoms with E-state index >= 15 is 0 Å². The zero-order valence-corrected chi connectivity index (χ0v) is 12.8. The van der Waals surface area contributed by atoms with Crippen molar-refractivity contribution in [2.45, 2.75) is 31.5 Å². The topological polar surface area (TPSA) is 0 Å². The fourth-order valence-corrected chi connectivity index (χ4v) is 1.82. The number of rotatable bonds is 3. The van der Waals surface area contributed by atoms with Crippen LogP contribution < -0.4 is 51.4 Å². The monoisotopic (exact) mass is 252 g/mol. The molecule has 1 aliphatic rings. The molecule has 82 valence electrons. The molecule has 0 radical (unpaired) electrons. The fraction of sp³-hybridized carbons (Fsp3) is 0.455. The van der Waals surface area contributed by atoms with Crippen LogP contribution in [0.15, 0.2) is 24.3 Å². The summed E-state index contributed by atoms with van der Waals surface area (Å²) < 4.78 is 36.7. The summed E-state index contributed by atoms with van der Waals surface area (Å²) in [6.45, 7) is -2.61. The van der Waals surface area contributed by atoms with Gasteiger partial charge in [-0.15, -0.1) is 0 Å². The van der Waals surface area contributed by atoms with E-state index < -0.39 is 13.3 Å². The third-order valence-electron chi connectivity index (χ3n) is 3.09. The van der Waals surface area contributed by atoms with Gasteiger partial charge < -0.3 is 12.9 Å². The van der Waals surface area contributed by atoms with E-state index in [4.69, 9.17) is 0 Å². The summed E-state index contributed by atoms with van der Waals surface area (Å²) in [4.78, 5) is 0. The van der Waals surface area contributed by atoms with Crippen LogP contribution in [0.2, 0.25) is 0 Å². The van der Waals surface area contributed by atoms with Crippen molar-refractivity contribution in [2.75, 3.05) is 0 Å². The second-order valence-corrected chi connectivity index (χ2v) is 4.68. The summed E-state index contributed by atoms with van der Waals surface area (Å²) in [5.41, 5.74) is 1.60. The van der Waals surface area contributed by atoms with Crippen LogP contribution in [0, 0.1) is 0 Å². The Morgan fingerprint density at radius 3 is 2.38 bits per heavy atom. The third kappa shape index (κ3) is 3.88. The Bertz CT molecular complexity index is 372. The van der Waals surface area contributed by atoms with E-state index in [2.05, 4.69) is 6.92 Å². The minimum absolute atomic E-state index is 0. The molecule has 0 saturated heterocycles. The smallest absolute Gasteiger partial charge is 0.449 e. The van der Waals surface area contributed by atoms with Crippen LogP contribution in [-0.4, -0.2) is 6.98 Å². The molecule has 1 aliphatic carbocycles. The quantitative estimate of drug-likeness (QED) is 0.694. The van der Waals surface area contributed by atoms with Gasteiger partial charge in [0, 0.05) is 0 Å². The first-order valence-electron chi connectivity index (χ1n) is 5.19. The maximum absolute atomic E-state index is 12.2. The van der Waals surface area contributed by atoms with Gasteiger partial charge in [-0.25, -0.2) is 0 Å². The molecule has 0 nitrogen and oxygen atoms in total. The first-order valence-corrected chi connectivity index (χ1v) is 5.19. The van der Waals surface area contributed by atoms with Crippen LogP contribution in [0.25, 0.3) is 0 Å². The van der Waals surface area contributed by atoms with Gasteiger partial charge >= 0.3 is 58.4 Å². The molecule has 0 spiro atoms. The Hall–Kier alpha value is 0.711. The average Bonchev–Trinajstić information content (AvgIpc) is 2.82. The molecule has 0 aromatic heterocycles. The van der Waals surface area contributed by atoms with E-state index in [1.165, 1.54) is 0 Å². The first kappa shape index (κ1) is 14.8. The summed E-state index contributed by atoms with van der Waals surface area (Å²) in [6, 6.07) is 6.93. The molecule has 0 N–H and O–H groups in total. The van der Waals surface area contributed by atoms with E-state index in [9.17, 15) is 12.9 Å². The summed E-state index contributed by atoms with van der Waals surface area (Å²) in [6.07, 6.45) is 1.42. The first-order chi connectivity index (χ1) is 6.89. The van der Waals surface area contributed by atoms with Crippen LogP contribution in [0.3, 0.4) is 0 Å². The molecule has 0 aliphatic heterocycles. The van der Waals surface area contributed by atoms with Crippen LogP contribution in [0.1, 0.15) is 30.9 Å². The standard InChI is InChI=1S/C11H13BF3.K/c1-11(5-6-11)10-4-2-3-9(7-10)8-12(13,14)15;/h2-4,7H,5-6,8H2,1H3;/q-1;+1. The normalized spacial score (nSPS) is 17.8. The molecule has 0 atom stereocenters. The van der Waals surface area contributed by atoms with E-state index in [-0.39, 0.29) is 56.8 Å². The molecule has 0 unspecified atom stereocenters. The Labute approximate surface area is 136 Å². The molecule has 1 fully saturated rings. The van der Waals surface area contributed by atoms with Gasteiger partial charge in [0.15, 0.2) is 0 Å². The Morgan fingerprint density at radius 2 is 1.88 bits per heavy atom. The van der Waals surface area contributed by atoms with Gasteiger partial charge in [-0.3, -0.25) is 0 Å². The van der Waals surface area contributed by atoms with Gasteiger partial charge in [-0.1, -0.05) is 43.1 Å². The predicted molar refractivity (Wildman–Crippen MR) is 55.8 cm³/mol. The van der Waals surface area contributed by atoms with Gasteiger partial charge in [-0.05, 0) is 23.8 Å². The fourth-order valence-electron chi connectivity index (χ4n) is 1.82. The molecule has 1 saturated carbocycles. The van der Waals surface area contributed by atoms with E-state index in [0.29, 0.717) is 5.56 Å². The van der Waals surface area contributed by atoms with Gasteiger partial charge in [0.25, 0.3) is 0 Å². The summed E-state index contributed by atoms with van der Waals surface area (Å²) in [5.74, 6) is 0. The maximum Gasteiger partial charge on any atom is 1.00 e. The number of hydrogen-bond acceptors (Lipinski definition) is 0. The Balaban J connectivity index is 0.00000128. The van der Waals surface area contributed by atoms with Crippen molar-refractivity contribution in [3.63, 3.8) is 0 Å². The zero-order chi connectivity index (χ0) is 11.1. The molecule has 0 heterocycles. The second kappa shape index (κ2) is 5.14. The third-order valence-corrected chi connectivity index (χ3v) is 3.09.